The molecule has 0 bridgehead atoms. The predicted molar refractivity (Wildman–Crippen MR) is 80.8 cm³/mol. The minimum atomic E-state index is -0.700. The molecule has 2 amide bonds. The van der Waals surface area contributed by atoms with Gasteiger partial charge < -0.3 is 15.0 Å². The topological polar surface area (TPSA) is 58.6 Å². The molecule has 1 atom stereocenters. The van der Waals surface area contributed by atoms with E-state index >= 15 is 0 Å². The highest BCUT2D eigenvalue weighted by molar-refractivity contribution is 5.99. The average Bonchev–Trinajstić information content (AvgIpc) is 2.52. The number of ether oxygens (including phenoxy) is 1. The van der Waals surface area contributed by atoms with E-state index in [4.69, 9.17) is 4.74 Å². The summed E-state index contributed by atoms with van der Waals surface area (Å²) in [6, 6.07) is -0.313. The second-order valence-electron chi connectivity index (χ2n) is 6.22. The van der Waals surface area contributed by atoms with Gasteiger partial charge in [-0.1, -0.05) is 20.8 Å². The van der Waals surface area contributed by atoms with E-state index in [1.807, 2.05) is 25.7 Å². The molecule has 2 saturated heterocycles. The smallest absolute Gasteiger partial charge is 0.248 e. The Hall–Kier alpha value is -1.10. The molecular weight excluding hydrogens is 268 g/mol. The molecule has 5 nitrogen and oxygen atoms in total. The number of nitrogens with one attached hydrogen (secondary N) is 1. The van der Waals surface area contributed by atoms with Crippen LogP contribution < -0.4 is 5.32 Å². The number of amides is 2. The van der Waals surface area contributed by atoms with E-state index in [9.17, 15) is 9.59 Å². The number of hydrogen-bond acceptors (Lipinski definition) is 3. The summed E-state index contributed by atoms with van der Waals surface area (Å²) in [6.07, 6.45) is 3.92. The number of rotatable bonds is 5. The van der Waals surface area contributed by atoms with Crippen molar-refractivity contribution in [3.8, 4) is 0 Å². The molecule has 5 heteroatoms. The lowest BCUT2D eigenvalue weighted by Crippen LogP contribution is -2.70. The van der Waals surface area contributed by atoms with E-state index in [1.54, 1.807) is 0 Å². The number of hydrogen-bond donors (Lipinski definition) is 1. The summed E-state index contributed by atoms with van der Waals surface area (Å²) in [5.41, 5.74) is -0.700. The number of carbonyl (C=O) groups excluding carboxylic acids is 2. The monoisotopic (exact) mass is 296 g/mol. The van der Waals surface area contributed by atoms with Crippen molar-refractivity contribution in [2.24, 2.45) is 5.92 Å². The maximum absolute atomic E-state index is 13.0. The maximum atomic E-state index is 13.0. The normalized spacial score (nSPS) is 26.8. The van der Waals surface area contributed by atoms with Crippen LogP contribution in [0.15, 0.2) is 0 Å². The fourth-order valence-electron chi connectivity index (χ4n) is 3.48. The summed E-state index contributed by atoms with van der Waals surface area (Å²) in [5.74, 6) is 0.562. The number of nitrogens with zero attached hydrogens (tertiary/aromatic N) is 1. The summed E-state index contributed by atoms with van der Waals surface area (Å²) in [5, 5.41) is 2.99. The standard InChI is InChI=1S/C16H28N2O3/c1-4-13-14(19)17-16(5-2,6-3)15(20)18(13)11-12-7-9-21-10-8-12/h12-13H,4-11H2,1-3H3,(H,17,19). The molecule has 120 valence electrons. The fraction of sp³-hybridized carbons (Fsp3) is 0.875. The van der Waals surface area contributed by atoms with Crippen LogP contribution in [0.4, 0.5) is 0 Å². The average molecular weight is 296 g/mol. The molecular formula is C16H28N2O3. The van der Waals surface area contributed by atoms with Gasteiger partial charge in [0.15, 0.2) is 0 Å². The molecule has 1 unspecified atom stereocenters. The third-order valence-electron chi connectivity index (χ3n) is 5.10. The largest absolute Gasteiger partial charge is 0.381 e. The molecule has 0 aromatic rings. The molecule has 0 radical (unpaired) electrons. The maximum Gasteiger partial charge on any atom is 0.248 e. The van der Waals surface area contributed by atoms with Crippen molar-refractivity contribution >= 4 is 11.8 Å². The van der Waals surface area contributed by atoms with Crippen molar-refractivity contribution in [2.75, 3.05) is 19.8 Å². The van der Waals surface area contributed by atoms with Crippen LogP contribution in [0, 0.1) is 5.92 Å². The van der Waals surface area contributed by atoms with E-state index < -0.39 is 5.54 Å². The van der Waals surface area contributed by atoms with Gasteiger partial charge >= 0.3 is 0 Å². The fourth-order valence-corrected chi connectivity index (χ4v) is 3.48. The summed E-state index contributed by atoms with van der Waals surface area (Å²) in [6.45, 7) is 8.14. The first-order chi connectivity index (χ1) is 10.1. The number of carbonyl (C=O) groups is 2. The highest BCUT2D eigenvalue weighted by atomic mass is 16.5. The van der Waals surface area contributed by atoms with Gasteiger partial charge in [0.25, 0.3) is 0 Å². The van der Waals surface area contributed by atoms with Crippen LogP contribution >= 0.6 is 0 Å². The van der Waals surface area contributed by atoms with E-state index in [1.165, 1.54) is 0 Å². The molecule has 2 rings (SSSR count). The van der Waals surface area contributed by atoms with Crippen LogP contribution in [0.3, 0.4) is 0 Å². The first-order valence-electron chi connectivity index (χ1n) is 8.28. The van der Waals surface area contributed by atoms with E-state index in [2.05, 4.69) is 5.32 Å². The molecule has 0 saturated carbocycles. The molecule has 1 N–H and O–H groups in total. The highest BCUT2D eigenvalue weighted by Crippen LogP contribution is 2.28. The quantitative estimate of drug-likeness (QED) is 0.840. The van der Waals surface area contributed by atoms with Crippen molar-refractivity contribution < 1.29 is 14.3 Å². The van der Waals surface area contributed by atoms with E-state index in [-0.39, 0.29) is 17.9 Å². The summed E-state index contributed by atoms with van der Waals surface area (Å²) < 4.78 is 5.39. The summed E-state index contributed by atoms with van der Waals surface area (Å²) >= 11 is 0. The van der Waals surface area contributed by atoms with Crippen LogP contribution in [0.1, 0.15) is 52.9 Å². The lowest BCUT2D eigenvalue weighted by atomic mass is 9.85. The van der Waals surface area contributed by atoms with Crippen LogP contribution in [-0.2, 0) is 14.3 Å². The van der Waals surface area contributed by atoms with Crippen molar-refractivity contribution in [3.05, 3.63) is 0 Å². The van der Waals surface area contributed by atoms with Gasteiger partial charge in [-0.25, -0.2) is 0 Å². The van der Waals surface area contributed by atoms with Gasteiger partial charge in [0.1, 0.15) is 11.6 Å². The molecule has 21 heavy (non-hydrogen) atoms. The summed E-state index contributed by atoms with van der Waals surface area (Å²) in [4.78, 5) is 27.3. The number of piperazine rings is 1. The van der Waals surface area contributed by atoms with Crippen LogP contribution in [0.25, 0.3) is 0 Å². The Bertz CT molecular complexity index is 387. The van der Waals surface area contributed by atoms with Crippen molar-refractivity contribution in [1.29, 1.82) is 0 Å². The Morgan fingerprint density at radius 1 is 1.19 bits per heavy atom. The van der Waals surface area contributed by atoms with Crippen LogP contribution in [0.5, 0.6) is 0 Å². The third kappa shape index (κ3) is 3.07. The minimum Gasteiger partial charge on any atom is -0.381 e. The van der Waals surface area contributed by atoms with Crippen molar-refractivity contribution in [2.45, 2.75) is 64.5 Å². The molecule has 2 aliphatic heterocycles. The molecule has 0 aromatic carbocycles. The van der Waals surface area contributed by atoms with Crippen LogP contribution in [0.2, 0.25) is 0 Å². The Labute approximate surface area is 127 Å². The first kappa shape index (κ1) is 16.3. The van der Waals surface area contributed by atoms with Crippen molar-refractivity contribution in [1.82, 2.24) is 10.2 Å². The molecule has 0 aromatic heterocycles. The zero-order valence-corrected chi connectivity index (χ0v) is 13.5. The Balaban J connectivity index is 2.19. The predicted octanol–water partition coefficient (Wildman–Crippen LogP) is 1.71. The minimum absolute atomic E-state index is 0.00728. The van der Waals surface area contributed by atoms with Crippen molar-refractivity contribution in [3.63, 3.8) is 0 Å². The first-order valence-corrected chi connectivity index (χ1v) is 8.28. The van der Waals surface area contributed by atoms with Crippen LogP contribution in [-0.4, -0.2) is 48.1 Å². The lowest BCUT2D eigenvalue weighted by molar-refractivity contribution is -0.157. The van der Waals surface area contributed by atoms with Gasteiger partial charge in [0.2, 0.25) is 11.8 Å². The van der Waals surface area contributed by atoms with Gasteiger partial charge in [-0.15, -0.1) is 0 Å². The molecule has 2 heterocycles. The molecule has 0 spiro atoms. The molecule has 2 aliphatic rings. The molecule has 2 fully saturated rings. The second-order valence-corrected chi connectivity index (χ2v) is 6.22. The van der Waals surface area contributed by atoms with Gasteiger partial charge in [-0.3, -0.25) is 9.59 Å². The van der Waals surface area contributed by atoms with E-state index in [0.717, 1.165) is 26.1 Å². The van der Waals surface area contributed by atoms with E-state index in [0.29, 0.717) is 31.7 Å². The zero-order chi connectivity index (χ0) is 15.5. The Kier molecular flexibility index (Phi) is 5.25. The Morgan fingerprint density at radius 3 is 2.33 bits per heavy atom. The third-order valence-corrected chi connectivity index (χ3v) is 5.10. The zero-order valence-electron chi connectivity index (χ0n) is 13.5. The van der Waals surface area contributed by atoms with Gasteiger partial charge in [-0.05, 0) is 38.0 Å². The summed E-state index contributed by atoms with van der Waals surface area (Å²) in [7, 11) is 0. The lowest BCUT2D eigenvalue weighted by Gasteiger charge is -2.46. The van der Waals surface area contributed by atoms with Gasteiger partial charge in [-0.2, -0.15) is 0 Å². The molecule has 0 aliphatic carbocycles. The highest BCUT2D eigenvalue weighted by Gasteiger charge is 2.48. The van der Waals surface area contributed by atoms with Gasteiger partial charge in [0, 0.05) is 19.8 Å². The van der Waals surface area contributed by atoms with Gasteiger partial charge in [0.05, 0.1) is 0 Å². The second kappa shape index (κ2) is 6.77. The Morgan fingerprint density at radius 2 is 1.81 bits per heavy atom. The SMILES string of the molecule is CCC1C(=O)NC(CC)(CC)C(=O)N1CC1CCOCC1.